The van der Waals surface area contributed by atoms with E-state index in [9.17, 15) is 0 Å². The van der Waals surface area contributed by atoms with Crippen LogP contribution < -0.4 is 5.32 Å². The second kappa shape index (κ2) is 5.87. The summed E-state index contributed by atoms with van der Waals surface area (Å²) in [6, 6.07) is 2.87. The molecule has 0 spiro atoms. The maximum Gasteiger partial charge on any atom is 0.0624 e. The first-order valence-corrected chi connectivity index (χ1v) is 7.33. The molecule has 1 saturated carbocycles. The largest absolute Gasteiger partial charge is 0.316 e. The minimum absolute atomic E-state index is 0.607. The van der Waals surface area contributed by atoms with Crippen LogP contribution in [0.1, 0.15) is 44.5 Å². The highest BCUT2D eigenvalue weighted by Gasteiger charge is 2.28. The fourth-order valence-corrected chi connectivity index (χ4v) is 3.28. The molecule has 18 heavy (non-hydrogen) atoms. The minimum atomic E-state index is 0.607. The molecule has 0 aromatic carbocycles. The summed E-state index contributed by atoms with van der Waals surface area (Å²) >= 11 is 0. The Balaban J connectivity index is 2.03. The van der Waals surface area contributed by atoms with Gasteiger partial charge < -0.3 is 5.32 Å². The molecule has 1 aliphatic rings. The van der Waals surface area contributed by atoms with E-state index in [1.165, 1.54) is 30.7 Å². The summed E-state index contributed by atoms with van der Waals surface area (Å²) in [6.45, 7) is 4.55. The van der Waals surface area contributed by atoms with Crippen molar-refractivity contribution >= 4 is 0 Å². The molecule has 1 aromatic rings. The van der Waals surface area contributed by atoms with E-state index < -0.39 is 0 Å². The molecular formula is C15H27N3. The van der Waals surface area contributed by atoms with Gasteiger partial charge in [0.2, 0.25) is 0 Å². The highest BCUT2D eigenvalue weighted by Crippen LogP contribution is 2.33. The van der Waals surface area contributed by atoms with E-state index in [-0.39, 0.29) is 0 Å². The van der Waals surface area contributed by atoms with E-state index in [4.69, 9.17) is 0 Å². The Bertz CT molecular complexity index is 383. The molecule has 3 heteroatoms. The standard InChI is InChI=1S/C15H27N3/c1-5-13-9-14(18(4)17-13)10-15(16-3)12-7-6-11(2)8-12/h9,11-12,15-16H,5-8,10H2,1-4H3. The maximum atomic E-state index is 4.55. The first-order valence-electron chi connectivity index (χ1n) is 7.33. The number of aryl methyl sites for hydroxylation is 2. The van der Waals surface area contributed by atoms with Gasteiger partial charge in [0.1, 0.15) is 0 Å². The summed E-state index contributed by atoms with van der Waals surface area (Å²) in [6.07, 6.45) is 6.29. The fraction of sp³-hybridized carbons (Fsp3) is 0.800. The maximum absolute atomic E-state index is 4.55. The van der Waals surface area contributed by atoms with Gasteiger partial charge in [0.15, 0.2) is 0 Å². The molecule has 0 aliphatic heterocycles. The molecular weight excluding hydrogens is 222 g/mol. The van der Waals surface area contributed by atoms with Crippen LogP contribution in [0, 0.1) is 11.8 Å². The van der Waals surface area contributed by atoms with Crippen LogP contribution in [0.25, 0.3) is 0 Å². The van der Waals surface area contributed by atoms with Gasteiger partial charge in [0.25, 0.3) is 0 Å². The highest BCUT2D eigenvalue weighted by atomic mass is 15.3. The lowest BCUT2D eigenvalue weighted by molar-refractivity contribution is 0.362. The third kappa shape index (κ3) is 2.94. The number of hydrogen-bond donors (Lipinski definition) is 1. The number of likely N-dealkylation sites (N-methyl/N-ethyl adjacent to an activating group) is 1. The van der Waals surface area contributed by atoms with Crippen molar-refractivity contribution in [1.82, 2.24) is 15.1 Å². The quantitative estimate of drug-likeness (QED) is 0.869. The van der Waals surface area contributed by atoms with Crippen molar-refractivity contribution in [2.75, 3.05) is 7.05 Å². The smallest absolute Gasteiger partial charge is 0.0624 e. The van der Waals surface area contributed by atoms with Crippen LogP contribution in [-0.2, 0) is 19.9 Å². The first kappa shape index (κ1) is 13.6. The molecule has 3 nitrogen and oxygen atoms in total. The number of rotatable bonds is 5. The summed E-state index contributed by atoms with van der Waals surface area (Å²) in [7, 11) is 4.17. The third-order valence-electron chi connectivity index (χ3n) is 4.49. The predicted octanol–water partition coefficient (Wildman–Crippen LogP) is 2.55. The normalized spacial score (nSPS) is 25.6. The molecule has 102 valence electrons. The van der Waals surface area contributed by atoms with Gasteiger partial charge in [-0.05, 0) is 44.2 Å². The molecule has 3 unspecified atom stereocenters. The molecule has 1 heterocycles. The number of hydrogen-bond acceptors (Lipinski definition) is 2. The van der Waals surface area contributed by atoms with Crippen LogP contribution in [0.2, 0.25) is 0 Å². The molecule has 0 bridgehead atoms. The Kier molecular flexibility index (Phi) is 4.44. The molecule has 3 atom stereocenters. The second-order valence-electron chi connectivity index (χ2n) is 5.88. The third-order valence-corrected chi connectivity index (χ3v) is 4.49. The molecule has 1 N–H and O–H groups in total. The Hall–Kier alpha value is -0.830. The van der Waals surface area contributed by atoms with Crippen molar-refractivity contribution < 1.29 is 0 Å². The molecule has 1 aliphatic carbocycles. The molecule has 0 radical (unpaired) electrons. The van der Waals surface area contributed by atoms with E-state index in [1.807, 2.05) is 0 Å². The van der Waals surface area contributed by atoms with Crippen LogP contribution in [0.4, 0.5) is 0 Å². The van der Waals surface area contributed by atoms with Crippen molar-refractivity contribution in [3.63, 3.8) is 0 Å². The fourth-order valence-electron chi connectivity index (χ4n) is 3.28. The lowest BCUT2D eigenvalue weighted by Crippen LogP contribution is -2.35. The van der Waals surface area contributed by atoms with Gasteiger partial charge in [-0.25, -0.2) is 0 Å². The van der Waals surface area contributed by atoms with Gasteiger partial charge in [0.05, 0.1) is 5.69 Å². The average Bonchev–Trinajstić information content (AvgIpc) is 2.93. The number of nitrogens with zero attached hydrogens (tertiary/aromatic N) is 2. The van der Waals surface area contributed by atoms with Crippen molar-refractivity contribution in [3.05, 3.63) is 17.5 Å². The van der Waals surface area contributed by atoms with E-state index in [0.29, 0.717) is 6.04 Å². The topological polar surface area (TPSA) is 29.9 Å². The highest BCUT2D eigenvalue weighted by molar-refractivity contribution is 5.12. The van der Waals surface area contributed by atoms with E-state index in [2.05, 4.69) is 49.1 Å². The number of aromatic nitrogens is 2. The van der Waals surface area contributed by atoms with Crippen LogP contribution in [0.15, 0.2) is 6.07 Å². The van der Waals surface area contributed by atoms with Gasteiger partial charge >= 0.3 is 0 Å². The SMILES string of the molecule is CCc1cc(CC(NC)C2CCC(C)C2)n(C)n1. The lowest BCUT2D eigenvalue weighted by atomic mass is 9.93. The van der Waals surface area contributed by atoms with E-state index in [1.54, 1.807) is 0 Å². The second-order valence-corrected chi connectivity index (χ2v) is 5.88. The zero-order chi connectivity index (χ0) is 13.1. The lowest BCUT2D eigenvalue weighted by Gasteiger charge is -2.23. The summed E-state index contributed by atoms with van der Waals surface area (Å²) in [5.74, 6) is 1.74. The van der Waals surface area contributed by atoms with Gasteiger partial charge in [-0.1, -0.05) is 20.3 Å². The molecule has 0 amide bonds. The molecule has 0 saturated heterocycles. The van der Waals surface area contributed by atoms with Crippen molar-refractivity contribution in [3.8, 4) is 0 Å². The molecule has 1 aromatic heterocycles. The summed E-state index contributed by atoms with van der Waals surface area (Å²) in [4.78, 5) is 0. The van der Waals surface area contributed by atoms with Crippen molar-refractivity contribution in [2.45, 2.75) is 52.0 Å². The first-order chi connectivity index (χ1) is 8.63. The van der Waals surface area contributed by atoms with Gasteiger partial charge in [-0.2, -0.15) is 5.10 Å². The summed E-state index contributed by atoms with van der Waals surface area (Å²) < 4.78 is 2.06. The monoisotopic (exact) mass is 249 g/mol. The zero-order valence-corrected chi connectivity index (χ0v) is 12.2. The summed E-state index contributed by atoms with van der Waals surface area (Å²) in [5, 5.41) is 8.07. The van der Waals surface area contributed by atoms with Crippen LogP contribution in [0.3, 0.4) is 0 Å². The summed E-state index contributed by atoms with van der Waals surface area (Å²) in [5.41, 5.74) is 2.58. The van der Waals surface area contributed by atoms with Crippen molar-refractivity contribution in [2.24, 2.45) is 18.9 Å². The molecule has 1 fully saturated rings. The van der Waals surface area contributed by atoms with Gasteiger partial charge in [-0.15, -0.1) is 0 Å². The van der Waals surface area contributed by atoms with Crippen LogP contribution in [0.5, 0.6) is 0 Å². The van der Waals surface area contributed by atoms with E-state index in [0.717, 1.165) is 24.7 Å². The van der Waals surface area contributed by atoms with Crippen LogP contribution >= 0.6 is 0 Å². The Morgan fingerprint density at radius 1 is 1.50 bits per heavy atom. The van der Waals surface area contributed by atoms with Gasteiger partial charge in [-0.3, -0.25) is 4.68 Å². The van der Waals surface area contributed by atoms with Gasteiger partial charge in [0, 0.05) is 25.2 Å². The Morgan fingerprint density at radius 3 is 2.78 bits per heavy atom. The number of nitrogens with one attached hydrogen (secondary N) is 1. The minimum Gasteiger partial charge on any atom is -0.316 e. The van der Waals surface area contributed by atoms with E-state index >= 15 is 0 Å². The van der Waals surface area contributed by atoms with Crippen molar-refractivity contribution in [1.29, 1.82) is 0 Å². The molecule has 2 rings (SSSR count). The predicted molar refractivity (Wildman–Crippen MR) is 75.6 cm³/mol. The Morgan fingerprint density at radius 2 is 2.28 bits per heavy atom. The zero-order valence-electron chi connectivity index (χ0n) is 12.2. The Labute approximate surface area is 111 Å². The van der Waals surface area contributed by atoms with Crippen LogP contribution in [-0.4, -0.2) is 22.9 Å². The average molecular weight is 249 g/mol.